The molecular formula is C14H20N2O2. The van der Waals surface area contributed by atoms with Gasteiger partial charge in [0.05, 0.1) is 12.2 Å². The number of fused-ring (bicyclic) bond motifs is 1. The molecular weight excluding hydrogens is 228 g/mol. The number of carbonyl (C=O) groups is 1. The third kappa shape index (κ3) is 2.48. The van der Waals surface area contributed by atoms with Crippen molar-refractivity contribution in [3.8, 4) is 5.75 Å². The molecule has 1 aliphatic rings. The van der Waals surface area contributed by atoms with Crippen molar-refractivity contribution >= 4 is 11.5 Å². The Morgan fingerprint density at radius 2 is 2.22 bits per heavy atom. The number of nitrogens with zero attached hydrogens (tertiary/aromatic N) is 1. The monoisotopic (exact) mass is 248 g/mol. The largest absolute Gasteiger partial charge is 0.484 e. The Bertz CT molecular complexity index is 469. The standard InChI is InChI=1S/C14H20N2O2/c1-14(2)9-16(3)11-8-10(12(17)6-7-15)4-5-13(11)18-14/h4-5,8H,6-7,9,15H2,1-3H3. The van der Waals surface area contributed by atoms with Gasteiger partial charge < -0.3 is 15.4 Å². The van der Waals surface area contributed by atoms with Gasteiger partial charge >= 0.3 is 0 Å². The molecule has 0 unspecified atom stereocenters. The number of hydrogen-bond acceptors (Lipinski definition) is 4. The summed E-state index contributed by atoms with van der Waals surface area (Å²) in [6.07, 6.45) is 0.384. The van der Waals surface area contributed by atoms with Gasteiger partial charge in [0.25, 0.3) is 0 Å². The maximum absolute atomic E-state index is 11.8. The van der Waals surface area contributed by atoms with Gasteiger partial charge in [-0.25, -0.2) is 0 Å². The lowest BCUT2D eigenvalue weighted by Crippen LogP contribution is -2.45. The fourth-order valence-electron chi connectivity index (χ4n) is 2.34. The number of likely N-dealkylation sites (N-methyl/N-ethyl adjacent to an activating group) is 1. The summed E-state index contributed by atoms with van der Waals surface area (Å²) in [5, 5.41) is 0. The Kier molecular flexibility index (Phi) is 3.30. The van der Waals surface area contributed by atoms with E-state index in [4.69, 9.17) is 10.5 Å². The van der Waals surface area contributed by atoms with Crippen molar-refractivity contribution in [2.75, 3.05) is 25.0 Å². The zero-order valence-corrected chi connectivity index (χ0v) is 11.2. The molecule has 0 radical (unpaired) electrons. The Morgan fingerprint density at radius 3 is 2.89 bits per heavy atom. The van der Waals surface area contributed by atoms with E-state index in [1.54, 1.807) is 0 Å². The first-order valence-corrected chi connectivity index (χ1v) is 6.20. The number of ether oxygens (including phenoxy) is 1. The summed E-state index contributed by atoms with van der Waals surface area (Å²) in [4.78, 5) is 13.9. The van der Waals surface area contributed by atoms with Crippen LogP contribution in [-0.2, 0) is 0 Å². The van der Waals surface area contributed by atoms with Crippen molar-refractivity contribution in [3.05, 3.63) is 23.8 Å². The van der Waals surface area contributed by atoms with Gasteiger partial charge in [0.1, 0.15) is 11.4 Å². The van der Waals surface area contributed by atoms with Crippen molar-refractivity contribution < 1.29 is 9.53 Å². The molecule has 0 fully saturated rings. The molecule has 1 aromatic rings. The van der Waals surface area contributed by atoms with E-state index in [1.807, 2.05) is 25.2 Å². The maximum Gasteiger partial charge on any atom is 0.164 e. The SMILES string of the molecule is CN1CC(C)(C)Oc2ccc(C(=O)CCN)cc21. The molecule has 0 spiro atoms. The minimum Gasteiger partial charge on any atom is -0.484 e. The van der Waals surface area contributed by atoms with Crippen molar-refractivity contribution in [2.24, 2.45) is 5.73 Å². The van der Waals surface area contributed by atoms with Crippen LogP contribution in [0.4, 0.5) is 5.69 Å². The second kappa shape index (κ2) is 4.61. The Labute approximate surface area is 108 Å². The lowest BCUT2D eigenvalue weighted by Gasteiger charge is -2.39. The molecule has 0 aliphatic carbocycles. The molecule has 0 saturated heterocycles. The molecule has 0 atom stereocenters. The van der Waals surface area contributed by atoms with Gasteiger partial charge in [-0.3, -0.25) is 4.79 Å². The third-order valence-electron chi connectivity index (χ3n) is 3.07. The topological polar surface area (TPSA) is 55.6 Å². The molecule has 4 heteroatoms. The second-order valence-electron chi connectivity index (χ2n) is 5.36. The molecule has 1 heterocycles. The van der Waals surface area contributed by atoms with E-state index < -0.39 is 0 Å². The quantitative estimate of drug-likeness (QED) is 0.829. The molecule has 0 bridgehead atoms. The Morgan fingerprint density at radius 1 is 1.50 bits per heavy atom. The molecule has 2 N–H and O–H groups in total. The maximum atomic E-state index is 11.8. The summed E-state index contributed by atoms with van der Waals surface area (Å²) < 4.78 is 5.91. The minimum atomic E-state index is -0.204. The van der Waals surface area contributed by atoms with E-state index in [9.17, 15) is 4.79 Å². The first kappa shape index (κ1) is 12.9. The van der Waals surface area contributed by atoms with Crippen molar-refractivity contribution in [1.82, 2.24) is 0 Å². The first-order chi connectivity index (χ1) is 8.43. The van der Waals surface area contributed by atoms with Crippen LogP contribution >= 0.6 is 0 Å². The minimum absolute atomic E-state index is 0.0820. The lowest BCUT2D eigenvalue weighted by molar-refractivity contribution is 0.0984. The van der Waals surface area contributed by atoms with Crippen LogP contribution < -0.4 is 15.4 Å². The third-order valence-corrected chi connectivity index (χ3v) is 3.07. The molecule has 1 aromatic carbocycles. The van der Waals surface area contributed by atoms with Gasteiger partial charge in [-0.2, -0.15) is 0 Å². The zero-order chi connectivity index (χ0) is 13.3. The second-order valence-corrected chi connectivity index (χ2v) is 5.36. The molecule has 0 aromatic heterocycles. The van der Waals surface area contributed by atoms with Crippen LogP contribution in [0.3, 0.4) is 0 Å². The van der Waals surface area contributed by atoms with Crippen LogP contribution in [0.15, 0.2) is 18.2 Å². The highest BCUT2D eigenvalue weighted by atomic mass is 16.5. The molecule has 18 heavy (non-hydrogen) atoms. The fraction of sp³-hybridized carbons (Fsp3) is 0.500. The van der Waals surface area contributed by atoms with Crippen molar-refractivity contribution in [2.45, 2.75) is 25.9 Å². The lowest BCUT2D eigenvalue weighted by atomic mass is 10.0. The number of Topliss-reactive ketones (excluding diaryl/α,β-unsaturated/α-hetero) is 1. The number of rotatable bonds is 3. The van der Waals surface area contributed by atoms with E-state index in [2.05, 4.69) is 18.7 Å². The summed E-state index contributed by atoms with van der Waals surface area (Å²) in [7, 11) is 2.01. The molecule has 98 valence electrons. The summed E-state index contributed by atoms with van der Waals surface area (Å²) in [5.74, 6) is 0.914. The molecule has 0 saturated carbocycles. The summed E-state index contributed by atoms with van der Waals surface area (Å²) in [5.41, 5.74) is 6.88. The number of anilines is 1. The van der Waals surface area contributed by atoms with Crippen LogP contribution in [0.1, 0.15) is 30.6 Å². The van der Waals surface area contributed by atoms with E-state index in [0.717, 1.165) is 18.0 Å². The van der Waals surface area contributed by atoms with Gasteiger partial charge in [-0.05, 0) is 38.6 Å². The van der Waals surface area contributed by atoms with Crippen LogP contribution in [0.2, 0.25) is 0 Å². The van der Waals surface area contributed by atoms with E-state index in [1.165, 1.54) is 0 Å². The number of benzene rings is 1. The van der Waals surface area contributed by atoms with Gasteiger partial charge in [-0.1, -0.05) is 0 Å². The van der Waals surface area contributed by atoms with Gasteiger partial charge in [0.2, 0.25) is 0 Å². The van der Waals surface area contributed by atoms with Crippen LogP contribution in [-0.4, -0.2) is 31.5 Å². The van der Waals surface area contributed by atoms with Crippen molar-refractivity contribution in [3.63, 3.8) is 0 Å². The summed E-state index contributed by atoms with van der Waals surface area (Å²) in [6.45, 7) is 5.30. The average molecular weight is 248 g/mol. The molecule has 4 nitrogen and oxygen atoms in total. The van der Waals surface area contributed by atoms with E-state index in [-0.39, 0.29) is 11.4 Å². The predicted molar refractivity (Wildman–Crippen MR) is 72.4 cm³/mol. The number of ketones is 1. The fourth-order valence-corrected chi connectivity index (χ4v) is 2.34. The Hall–Kier alpha value is -1.55. The van der Waals surface area contributed by atoms with Gasteiger partial charge in [-0.15, -0.1) is 0 Å². The number of hydrogen-bond donors (Lipinski definition) is 1. The summed E-state index contributed by atoms with van der Waals surface area (Å²) in [6, 6.07) is 5.57. The Balaban J connectivity index is 2.33. The van der Waals surface area contributed by atoms with E-state index in [0.29, 0.717) is 18.5 Å². The van der Waals surface area contributed by atoms with Crippen LogP contribution in [0.25, 0.3) is 0 Å². The zero-order valence-electron chi connectivity index (χ0n) is 11.2. The number of carbonyl (C=O) groups excluding carboxylic acids is 1. The van der Waals surface area contributed by atoms with Gasteiger partial charge in [0.15, 0.2) is 5.78 Å². The van der Waals surface area contributed by atoms with Gasteiger partial charge in [0, 0.05) is 19.0 Å². The molecule has 2 rings (SSSR count). The molecule has 0 amide bonds. The highest BCUT2D eigenvalue weighted by molar-refractivity contribution is 5.97. The predicted octanol–water partition coefficient (Wildman–Crippen LogP) is 1.83. The summed E-state index contributed by atoms with van der Waals surface area (Å²) >= 11 is 0. The average Bonchev–Trinajstić information content (AvgIpc) is 2.27. The van der Waals surface area contributed by atoms with E-state index >= 15 is 0 Å². The van der Waals surface area contributed by atoms with Crippen LogP contribution in [0.5, 0.6) is 5.75 Å². The number of nitrogens with two attached hydrogens (primary N) is 1. The smallest absolute Gasteiger partial charge is 0.164 e. The highest BCUT2D eigenvalue weighted by Crippen LogP contribution is 2.36. The first-order valence-electron chi connectivity index (χ1n) is 6.20. The normalized spacial score (nSPS) is 17.0. The van der Waals surface area contributed by atoms with Crippen LogP contribution in [0, 0.1) is 0 Å². The molecule has 1 aliphatic heterocycles. The van der Waals surface area contributed by atoms with Crippen molar-refractivity contribution in [1.29, 1.82) is 0 Å². The highest BCUT2D eigenvalue weighted by Gasteiger charge is 2.30.